The second kappa shape index (κ2) is 8.77. The quantitative estimate of drug-likeness (QED) is 0.451. The van der Waals surface area contributed by atoms with Crippen LogP contribution in [0.15, 0.2) is 62.6 Å². The number of halogens is 1. The van der Waals surface area contributed by atoms with Crippen molar-refractivity contribution in [2.45, 2.75) is 24.8 Å². The molecule has 0 saturated carbocycles. The molecule has 3 aromatic rings. The van der Waals surface area contributed by atoms with Gasteiger partial charge in [0.1, 0.15) is 12.2 Å². The van der Waals surface area contributed by atoms with Crippen LogP contribution in [0.25, 0.3) is 11.0 Å². The summed E-state index contributed by atoms with van der Waals surface area (Å²) in [5.74, 6) is -0.604. The Labute approximate surface area is 172 Å². The smallest absolute Gasteiger partial charge is 0.336 e. The van der Waals surface area contributed by atoms with Crippen molar-refractivity contribution >= 4 is 38.6 Å². The first-order valence-corrected chi connectivity index (χ1v) is 10.5. The number of esters is 1. The summed E-state index contributed by atoms with van der Waals surface area (Å²) in [6.07, 6.45) is -0.168. The van der Waals surface area contributed by atoms with E-state index in [9.17, 15) is 18.0 Å². The Bertz CT molecular complexity index is 1220. The fraction of sp³-hybridized carbons (Fsp3) is 0.200. The van der Waals surface area contributed by atoms with Gasteiger partial charge in [0, 0.05) is 28.6 Å². The molecule has 1 aromatic heterocycles. The van der Waals surface area contributed by atoms with Gasteiger partial charge in [0.2, 0.25) is 10.0 Å². The summed E-state index contributed by atoms with van der Waals surface area (Å²) >= 11 is 5.80. The number of sulfonamides is 1. The molecule has 0 saturated heterocycles. The first kappa shape index (κ1) is 21.0. The van der Waals surface area contributed by atoms with E-state index >= 15 is 0 Å². The minimum Gasteiger partial charge on any atom is -0.461 e. The highest BCUT2D eigenvalue weighted by molar-refractivity contribution is 7.89. The van der Waals surface area contributed by atoms with Crippen LogP contribution >= 0.6 is 11.6 Å². The van der Waals surface area contributed by atoms with Crippen LogP contribution in [0.2, 0.25) is 5.02 Å². The number of benzene rings is 2. The predicted molar refractivity (Wildman–Crippen MR) is 108 cm³/mol. The molecule has 9 heteroatoms. The number of rotatable bonds is 7. The van der Waals surface area contributed by atoms with Gasteiger partial charge < -0.3 is 9.15 Å². The van der Waals surface area contributed by atoms with Crippen LogP contribution in [0, 0.1) is 6.92 Å². The Morgan fingerprint density at radius 1 is 1.17 bits per heavy atom. The first-order chi connectivity index (χ1) is 13.7. The zero-order chi connectivity index (χ0) is 21.0. The van der Waals surface area contributed by atoms with E-state index < -0.39 is 21.6 Å². The lowest BCUT2D eigenvalue weighted by Gasteiger charge is -2.09. The first-order valence-electron chi connectivity index (χ1n) is 8.69. The Morgan fingerprint density at radius 3 is 2.72 bits per heavy atom. The number of ether oxygens (including phenoxy) is 1. The monoisotopic (exact) mass is 435 g/mol. The van der Waals surface area contributed by atoms with E-state index in [4.69, 9.17) is 20.8 Å². The van der Waals surface area contributed by atoms with Crippen LogP contribution in [0.1, 0.15) is 17.5 Å². The molecule has 0 aliphatic heterocycles. The van der Waals surface area contributed by atoms with Crippen molar-refractivity contribution in [3.63, 3.8) is 0 Å². The summed E-state index contributed by atoms with van der Waals surface area (Å²) < 4.78 is 37.0. The fourth-order valence-electron chi connectivity index (χ4n) is 2.69. The number of fused-ring (bicyclic) bond motifs is 1. The SMILES string of the molecule is Cc1ccc2c(COC(=O)CCNS(=O)(=O)c3cccc(Cl)c3)cc(=O)oc2c1. The van der Waals surface area contributed by atoms with E-state index in [2.05, 4.69) is 4.72 Å². The maximum absolute atomic E-state index is 12.2. The molecular formula is C20H18ClNO6S. The van der Waals surface area contributed by atoms with Gasteiger partial charge in [0.25, 0.3) is 0 Å². The van der Waals surface area contributed by atoms with Crippen LogP contribution in [0.4, 0.5) is 0 Å². The second-order valence-electron chi connectivity index (χ2n) is 6.36. The van der Waals surface area contributed by atoms with Crippen molar-refractivity contribution < 1.29 is 22.4 Å². The third kappa shape index (κ3) is 5.44. The molecule has 0 amide bonds. The zero-order valence-corrected chi connectivity index (χ0v) is 17.0. The molecular weight excluding hydrogens is 418 g/mol. The summed E-state index contributed by atoms with van der Waals surface area (Å²) in [6.45, 7) is 1.62. The third-order valence-corrected chi connectivity index (χ3v) is 5.80. The Kier molecular flexibility index (Phi) is 6.36. The normalized spacial score (nSPS) is 11.5. The number of nitrogens with one attached hydrogen (secondary N) is 1. The fourth-order valence-corrected chi connectivity index (χ4v) is 4.02. The molecule has 0 unspecified atom stereocenters. The van der Waals surface area contributed by atoms with Crippen molar-refractivity contribution in [3.8, 4) is 0 Å². The molecule has 29 heavy (non-hydrogen) atoms. The van der Waals surface area contributed by atoms with Gasteiger partial charge in [0.05, 0.1) is 11.3 Å². The zero-order valence-electron chi connectivity index (χ0n) is 15.5. The summed E-state index contributed by atoms with van der Waals surface area (Å²) in [5.41, 5.74) is 1.33. The summed E-state index contributed by atoms with van der Waals surface area (Å²) in [7, 11) is -3.78. The number of hydrogen-bond acceptors (Lipinski definition) is 6. The summed E-state index contributed by atoms with van der Waals surface area (Å²) in [5, 5.41) is 0.965. The molecule has 1 heterocycles. The van der Waals surface area contributed by atoms with Crippen molar-refractivity contribution in [3.05, 3.63) is 75.1 Å². The topological polar surface area (TPSA) is 103 Å². The maximum Gasteiger partial charge on any atom is 0.336 e. The third-order valence-electron chi connectivity index (χ3n) is 4.10. The van der Waals surface area contributed by atoms with Gasteiger partial charge in [-0.15, -0.1) is 0 Å². The summed E-state index contributed by atoms with van der Waals surface area (Å²) in [6, 6.07) is 12.4. The lowest BCUT2D eigenvalue weighted by molar-refractivity contribution is -0.144. The van der Waals surface area contributed by atoms with Crippen LogP contribution < -0.4 is 10.3 Å². The van der Waals surface area contributed by atoms with Gasteiger partial charge in [-0.25, -0.2) is 17.9 Å². The van der Waals surface area contributed by atoms with Crippen molar-refractivity contribution in [1.29, 1.82) is 0 Å². The average molecular weight is 436 g/mol. The molecule has 0 aliphatic rings. The van der Waals surface area contributed by atoms with E-state index in [1.54, 1.807) is 18.2 Å². The van der Waals surface area contributed by atoms with Crippen LogP contribution in [0.5, 0.6) is 0 Å². The minimum atomic E-state index is -3.78. The van der Waals surface area contributed by atoms with Gasteiger partial charge in [-0.2, -0.15) is 0 Å². The predicted octanol–water partition coefficient (Wildman–Crippen LogP) is 3.17. The Morgan fingerprint density at radius 2 is 1.97 bits per heavy atom. The van der Waals surface area contributed by atoms with E-state index in [1.165, 1.54) is 24.3 Å². The molecule has 0 atom stereocenters. The highest BCUT2D eigenvalue weighted by Crippen LogP contribution is 2.19. The van der Waals surface area contributed by atoms with Crippen LogP contribution in [-0.2, 0) is 26.2 Å². The van der Waals surface area contributed by atoms with Crippen LogP contribution in [-0.4, -0.2) is 20.9 Å². The standard InChI is InChI=1S/C20H18ClNO6S/c1-13-5-6-17-14(10-20(24)28-18(17)9-13)12-27-19(23)7-8-22-29(25,26)16-4-2-3-15(21)11-16/h2-6,9-11,22H,7-8,12H2,1H3. The molecule has 3 rings (SSSR count). The van der Waals surface area contributed by atoms with Crippen molar-refractivity contribution in [2.24, 2.45) is 0 Å². The number of aryl methyl sites for hydroxylation is 1. The Hall–Kier alpha value is -2.68. The molecule has 0 radical (unpaired) electrons. The molecule has 0 bridgehead atoms. The molecule has 1 N–H and O–H groups in total. The largest absolute Gasteiger partial charge is 0.461 e. The van der Waals surface area contributed by atoms with E-state index in [0.717, 1.165) is 5.56 Å². The minimum absolute atomic E-state index is 0.0103. The number of carbonyl (C=O) groups excluding carboxylic acids is 1. The van der Waals surface area contributed by atoms with Gasteiger partial charge >= 0.3 is 11.6 Å². The summed E-state index contributed by atoms with van der Waals surface area (Å²) in [4.78, 5) is 23.7. The number of hydrogen-bond donors (Lipinski definition) is 1. The van der Waals surface area contributed by atoms with Crippen LogP contribution in [0.3, 0.4) is 0 Å². The Balaban J connectivity index is 1.58. The molecule has 7 nitrogen and oxygen atoms in total. The molecule has 0 spiro atoms. The lowest BCUT2D eigenvalue weighted by atomic mass is 10.1. The van der Waals surface area contributed by atoms with Gasteiger partial charge in [-0.05, 0) is 36.8 Å². The van der Waals surface area contributed by atoms with E-state index in [1.807, 2.05) is 13.0 Å². The van der Waals surface area contributed by atoms with Crippen molar-refractivity contribution in [2.75, 3.05) is 6.54 Å². The van der Waals surface area contributed by atoms with Gasteiger partial charge in [-0.1, -0.05) is 29.8 Å². The molecule has 0 fully saturated rings. The second-order valence-corrected chi connectivity index (χ2v) is 8.56. The lowest BCUT2D eigenvalue weighted by Crippen LogP contribution is -2.26. The van der Waals surface area contributed by atoms with Gasteiger partial charge in [0.15, 0.2) is 0 Å². The molecule has 152 valence electrons. The van der Waals surface area contributed by atoms with Gasteiger partial charge in [-0.3, -0.25) is 4.79 Å². The maximum atomic E-state index is 12.2. The number of carbonyl (C=O) groups is 1. The van der Waals surface area contributed by atoms with E-state index in [0.29, 0.717) is 21.6 Å². The van der Waals surface area contributed by atoms with Crippen molar-refractivity contribution in [1.82, 2.24) is 4.72 Å². The molecule has 2 aromatic carbocycles. The molecule has 0 aliphatic carbocycles. The highest BCUT2D eigenvalue weighted by Gasteiger charge is 2.15. The highest BCUT2D eigenvalue weighted by atomic mass is 35.5. The van der Waals surface area contributed by atoms with E-state index in [-0.39, 0.29) is 24.5 Å². The average Bonchev–Trinajstić information content (AvgIpc) is 2.65.